The second-order valence-electron chi connectivity index (χ2n) is 2.48. The summed E-state index contributed by atoms with van der Waals surface area (Å²) in [6.45, 7) is 8.84. The second-order valence-corrected chi connectivity index (χ2v) is 2.48. The highest BCUT2D eigenvalue weighted by molar-refractivity contribution is 6.01. The lowest BCUT2D eigenvalue weighted by molar-refractivity contribution is 1.19. The Labute approximate surface area is 77.6 Å². The Balaban J connectivity index is 3.06. The van der Waals surface area contributed by atoms with Gasteiger partial charge < -0.3 is 0 Å². The molecule has 1 rings (SSSR count). The third-order valence-corrected chi connectivity index (χ3v) is 1.53. The maximum Gasteiger partial charge on any atom is 0.160 e. The lowest BCUT2D eigenvalue weighted by Gasteiger charge is -1.98. The molecule has 0 aliphatic rings. The topological polar surface area (TPSA) is 37.6 Å². The molecule has 0 atom stereocenters. The van der Waals surface area contributed by atoms with Gasteiger partial charge in [-0.05, 0) is 25.8 Å². The smallest absolute Gasteiger partial charge is 0.160 e. The summed E-state index contributed by atoms with van der Waals surface area (Å²) in [5.41, 5.74) is 1.81. The number of pyridine rings is 1. The fourth-order valence-electron chi connectivity index (χ4n) is 0.893. The molecule has 0 bridgehead atoms. The van der Waals surface area contributed by atoms with Gasteiger partial charge in [-0.25, -0.2) is 9.98 Å². The standard InChI is InChI=1S/C10H11N3/c1-4-12-10(11-3)9-6-5-8(2)13-7-9/h4-7H,1,3H2,2H3. The van der Waals surface area contributed by atoms with E-state index in [0.29, 0.717) is 5.84 Å². The van der Waals surface area contributed by atoms with Crippen molar-refractivity contribution in [3.63, 3.8) is 0 Å². The Kier molecular flexibility index (Phi) is 3.09. The van der Waals surface area contributed by atoms with E-state index < -0.39 is 0 Å². The molecular formula is C10H11N3. The zero-order valence-corrected chi connectivity index (χ0v) is 7.57. The summed E-state index contributed by atoms with van der Waals surface area (Å²) in [5.74, 6) is 0.544. The molecule has 1 heterocycles. The van der Waals surface area contributed by atoms with Crippen molar-refractivity contribution in [1.29, 1.82) is 0 Å². The predicted molar refractivity (Wildman–Crippen MR) is 55.3 cm³/mol. The van der Waals surface area contributed by atoms with Gasteiger partial charge >= 0.3 is 0 Å². The molecule has 0 aliphatic carbocycles. The van der Waals surface area contributed by atoms with Crippen LogP contribution < -0.4 is 0 Å². The number of amidine groups is 1. The average Bonchev–Trinajstić information content (AvgIpc) is 2.16. The summed E-state index contributed by atoms with van der Waals surface area (Å²) in [6.07, 6.45) is 3.15. The molecule has 0 aromatic carbocycles. The van der Waals surface area contributed by atoms with Crippen LogP contribution in [0.25, 0.3) is 0 Å². The summed E-state index contributed by atoms with van der Waals surface area (Å²) in [4.78, 5) is 11.8. The van der Waals surface area contributed by atoms with Gasteiger partial charge in [0.25, 0.3) is 0 Å². The first-order valence-electron chi connectivity index (χ1n) is 3.86. The fraction of sp³-hybridized carbons (Fsp3) is 0.100. The first-order chi connectivity index (χ1) is 6.27. The Morgan fingerprint density at radius 3 is 2.77 bits per heavy atom. The normalized spacial score (nSPS) is 11.0. The molecule has 0 amide bonds. The molecule has 1 aromatic rings. The van der Waals surface area contributed by atoms with Crippen LogP contribution in [0.15, 0.2) is 41.1 Å². The van der Waals surface area contributed by atoms with Gasteiger partial charge in [-0.15, -0.1) is 0 Å². The first kappa shape index (κ1) is 9.32. The van der Waals surface area contributed by atoms with Gasteiger partial charge in [0, 0.05) is 23.7 Å². The number of hydrogen-bond acceptors (Lipinski definition) is 2. The SMILES string of the molecule is C=CN=C(N=C)c1ccc(C)nc1. The number of rotatable bonds is 2. The molecule has 0 aliphatic heterocycles. The fourth-order valence-corrected chi connectivity index (χ4v) is 0.893. The van der Waals surface area contributed by atoms with Crippen LogP contribution in [-0.2, 0) is 0 Å². The van der Waals surface area contributed by atoms with Crippen molar-refractivity contribution in [3.8, 4) is 0 Å². The van der Waals surface area contributed by atoms with Gasteiger partial charge in [0.2, 0.25) is 0 Å². The van der Waals surface area contributed by atoms with Gasteiger partial charge in [0.05, 0.1) is 0 Å². The van der Waals surface area contributed by atoms with Crippen molar-refractivity contribution < 1.29 is 0 Å². The highest BCUT2D eigenvalue weighted by Gasteiger charge is 1.98. The predicted octanol–water partition coefficient (Wildman–Crippen LogP) is 1.98. The van der Waals surface area contributed by atoms with E-state index in [1.54, 1.807) is 6.20 Å². The van der Waals surface area contributed by atoms with E-state index in [2.05, 4.69) is 28.3 Å². The number of nitrogens with zero attached hydrogens (tertiary/aromatic N) is 3. The van der Waals surface area contributed by atoms with Gasteiger partial charge in [-0.2, -0.15) is 0 Å². The molecule has 0 fully saturated rings. The van der Waals surface area contributed by atoms with E-state index in [4.69, 9.17) is 0 Å². The molecule has 3 heteroatoms. The highest BCUT2D eigenvalue weighted by atomic mass is 14.9. The van der Waals surface area contributed by atoms with Crippen molar-refractivity contribution >= 4 is 12.6 Å². The molecule has 0 unspecified atom stereocenters. The quantitative estimate of drug-likeness (QED) is 0.497. The van der Waals surface area contributed by atoms with E-state index >= 15 is 0 Å². The van der Waals surface area contributed by atoms with Gasteiger partial charge in [0.15, 0.2) is 5.84 Å². The maximum atomic E-state index is 4.13. The summed E-state index contributed by atoms with van der Waals surface area (Å²) >= 11 is 0. The van der Waals surface area contributed by atoms with Crippen molar-refractivity contribution in [2.75, 3.05) is 0 Å². The summed E-state index contributed by atoms with van der Waals surface area (Å²) < 4.78 is 0. The van der Waals surface area contributed by atoms with Crippen LogP contribution in [-0.4, -0.2) is 17.5 Å². The minimum Gasteiger partial charge on any atom is -0.261 e. The Hall–Kier alpha value is -1.77. The lowest BCUT2D eigenvalue weighted by atomic mass is 10.2. The molecule has 0 N–H and O–H groups in total. The molecule has 66 valence electrons. The van der Waals surface area contributed by atoms with Crippen LogP contribution in [0, 0.1) is 6.92 Å². The largest absolute Gasteiger partial charge is 0.261 e. The van der Waals surface area contributed by atoms with Crippen LogP contribution in [0.1, 0.15) is 11.3 Å². The van der Waals surface area contributed by atoms with Crippen LogP contribution in [0.2, 0.25) is 0 Å². The van der Waals surface area contributed by atoms with Crippen molar-refractivity contribution in [1.82, 2.24) is 4.98 Å². The molecule has 1 aromatic heterocycles. The first-order valence-corrected chi connectivity index (χ1v) is 3.86. The van der Waals surface area contributed by atoms with Crippen LogP contribution in [0.4, 0.5) is 0 Å². The Morgan fingerprint density at radius 2 is 2.31 bits per heavy atom. The van der Waals surface area contributed by atoms with E-state index in [1.807, 2.05) is 19.1 Å². The molecule has 0 saturated heterocycles. The third kappa shape index (κ3) is 2.33. The number of hydrogen-bond donors (Lipinski definition) is 0. The molecule has 0 radical (unpaired) electrons. The zero-order chi connectivity index (χ0) is 9.68. The lowest BCUT2D eigenvalue weighted by Crippen LogP contribution is -1.96. The average molecular weight is 173 g/mol. The van der Waals surface area contributed by atoms with E-state index in [9.17, 15) is 0 Å². The molecule has 0 spiro atoms. The van der Waals surface area contributed by atoms with Gasteiger partial charge in [-0.3, -0.25) is 4.98 Å². The number of aryl methyl sites for hydroxylation is 1. The Morgan fingerprint density at radius 1 is 1.54 bits per heavy atom. The number of aromatic nitrogens is 1. The molecular weight excluding hydrogens is 162 g/mol. The number of aliphatic imine (C=N–C) groups is 2. The Bertz CT molecular complexity index is 336. The van der Waals surface area contributed by atoms with Crippen molar-refractivity contribution in [2.45, 2.75) is 6.92 Å². The van der Waals surface area contributed by atoms with Crippen molar-refractivity contribution in [2.24, 2.45) is 9.98 Å². The summed E-state index contributed by atoms with van der Waals surface area (Å²) in [7, 11) is 0. The second kappa shape index (κ2) is 4.30. The zero-order valence-electron chi connectivity index (χ0n) is 7.57. The van der Waals surface area contributed by atoms with Crippen LogP contribution in [0.5, 0.6) is 0 Å². The highest BCUT2D eigenvalue weighted by Crippen LogP contribution is 2.02. The van der Waals surface area contributed by atoms with Crippen LogP contribution >= 0.6 is 0 Å². The van der Waals surface area contributed by atoms with E-state index in [-0.39, 0.29) is 0 Å². The molecule has 13 heavy (non-hydrogen) atoms. The third-order valence-electron chi connectivity index (χ3n) is 1.53. The van der Waals surface area contributed by atoms with Crippen molar-refractivity contribution in [3.05, 3.63) is 42.4 Å². The monoisotopic (exact) mass is 173 g/mol. The molecule has 0 saturated carbocycles. The maximum absolute atomic E-state index is 4.13. The van der Waals surface area contributed by atoms with Gasteiger partial charge in [-0.1, -0.05) is 6.58 Å². The van der Waals surface area contributed by atoms with E-state index in [1.165, 1.54) is 6.20 Å². The minimum absolute atomic E-state index is 0.544. The van der Waals surface area contributed by atoms with E-state index in [0.717, 1.165) is 11.3 Å². The van der Waals surface area contributed by atoms with Crippen LogP contribution in [0.3, 0.4) is 0 Å². The minimum atomic E-state index is 0.544. The van der Waals surface area contributed by atoms with Gasteiger partial charge in [0.1, 0.15) is 0 Å². The summed E-state index contributed by atoms with van der Waals surface area (Å²) in [6, 6.07) is 3.80. The summed E-state index contributed by atoms with van der Waals surface area (Å²) in [5, 5.41) is 0. The molecule has 3 nitrogen and oxygen atoms in total.